The van der Waals surface area contributed by atoms with Crippen molar-refractivity contribution >= 4 is 69.5 Å². The summed E-state index contributed by atoms with van der Waals surface area (Å²) in [4.78, 5) is 93.6. The molecule has 4 saturated heterocycles. The number of H-pyrrole nitrogens is 1. The van der Waals surface area contributed by atoms with Crippen molar-refractivity contribution in [2.75, 3.05) is 56.0 Å². The Kier molecular flexibility index (Phi) is 12.4. The summed E-state index contributed by atoms with van der Waals surface area (Å²) in [6, 6.07) is 19.5. The fourth-order valence-corrected chi connectivity index (χ4v) is 9.46. The van der Waals surface area contributed by atoms with Crippen LogP contribution < -0.4 is 20.3 Å². The Labute approximate surface area is 385 Å². The molecule has 5 aliphatic heterocycles. The van der Waals surface area contributed by atoms with Crippen molar-refractivity contribution < 1.29 is 51.8 Å². The van der Waals surface area contributed by atoms with Gasteiger partial charge in [-0.25, -0.2) is 14.8 Å². The molecule has 3 aromatic carbocycles. The van der Waals surface area contributed by atoms with Crippen LogP contribution in [0.15, 0.2) is 79.3 Å². The van der Waals surface area contributed by atoms with Gasteiger partial charge in [-0.05, 0) is 61.7 Å². The van der Waals surface area contributed by atoms with Gasteiger partial charge in [0.15, 0.2) is 5.78 Å². The molecule has 348 valence electrons. The zero-order valence-electron chi connectivity index (χ0n) is 35.6. The topological polar surface area (TPSA) is 210 Å². The minimum atomic E-state index is -5.08. The van der Waals surface area contributed by atoms with Crippen molar-refractivity contribution in [3.63, 3.8) is 0 Å². The van der Waals surface area contributed by atoms with Crippen LogP contribution in [0.2, 0.25) is 5.02 Å². The first-order valence-electron chi connectivity index (χ1n) is 21.6. The van der Waals surface area contributed by atoms with Gasteiger partial charge in [0.2, 0.25) is 11.8 Å². The number of carbonyl (C=O) groups excluding carboxylic acids is 5. The number of nitrogens with one attached hydrogen (secondary N) is 3. The van der Waals surface area contributed by atoms with E-state index in [1.807, 2.05) is 36.4 Å². The van der Waals surface area contributed by atoms with Crippen molar-refractivity contribution in [2.24, 2.45) is 5.92 Å². The molecule has 5 aromatic rings. The number of likely N-dealkylation sites (tertiary alicyclic amines) is 2. The van der Waals surface area contributed by atoms with Crippen LogP contribution in [-0.4, -0.2) is 140 Å². The van der Waals surface area contributed by atoms with Gasteiger partial charge in [0.05, 0.1) is 27.1 Å². The lowest BCUT2D eigenvalue weighted by molar-refractivity contribution is -0.192. The molecule has 17 nitrogen and oxygen atoms in total. The fraction of sp³-hybridized carbons (Fsp3) is 0.348. The molecule has 5 aliphatic rings. The van der Waals surface area contributed by atoms with Crippen molar-refractivity contribution in [2.45, 2.75) is 50.0 Å². The number of anilines is 2. The smallest absolute Gasteiger partial charge is 0.475 e. The number of ketones is 1. The first-order valence-corrected chi connectivity index (χ1v) is 22.0. The first kappa shape index (κ1) is 45.3. The molecule has 0 bridgehead atoms. The number of carboxylic acids is 1. The number of alkyl halides is 3. The van der Waals surface area contributed by atoms with Crippen molar-refractivity contribution in [3.05, 3.63) is 107 Å². The number of amides is 4. The van der Waals surface area contributed by atoms with Crippen LogP contribution in [0.25, 0.3) is 11.0 Å². The summed E-state index contributed by atoms with van der Waals surface area (Å²) in [6.45, 7) is 6.73. The van der Waals surface area contributed by atoms with E-state index >= 15 is 0 Å². The lowest BCUT2D eigenvalue weighted by Gasteiger charge is -2.51. The average Bonchev–Trinajstić information content (AvgIpc) is 3.81. The van der Waals surface area contributed by atoms with Gasteiger partial charge in [0.1, 0.15) is 35.3 Å². The highest BCUT2D eigenvalue weighted by Gasteiger charge is 2.45. The molecule has 10 rings (SSSR count). The standard InChI is InChI=1S/C44H42ClN9O6.C2HF3O2/c45-35-17-30(60-29-4-2-1-3-5-29)7-9-32(35)39(56)34-18-46-40-38(34)41(48-24-47-40)49-26-12-14-52(15-13-26)28-22-51(23-28)19-25-20-53(21-25)27-6-8-31-33(16-27)44(59)54(43(31)58)36-10-11-37(55)50-42(36)57;3-2(4,5)1(6)7/h1-9,16-18,24-26,28,36H,10-15,19-23H2,(H,50,55,57)(H2,46,47,48,49);(H,6,7). The molecule has 67 heavy (non-hydrogen) atoms. The Morgan fingerprint density at radius 3 is 2.27 bits per heavy atom. The molecular formula is C46H43ClF3N9O8. The number of fused-ring (bicyclic) bond motifs is 2. The monoisotopic (exact) mass is 941 g/mol. The molecular weight excluding hydrogens is 899 g/mol. The predicted molar refractivity (Wildman–Crippen MR) is 236 cm³/mol. The van der Waals surface area contributed by atoms with Gasteiger partial charge >= 0.3 is 12.1 Å². The molecule has 2 aromatic heterocycles. The van der Waals surface area contributed by atoms with E-state index in [9.17, 15) is 37.1 Å². The average molecular weight is 942 g/mol. The van der Waals surface area contributed by atoms with Crippen LogP contribution in [0, 0.1) is 5.92 Å². The lowest BCUT2D eigenvalue weighted by Crippen LogP contribution is -2.63. The fourth-order valence-electron chi connectivity index (χ4n) is 9.21. The highest BCUT2D eigenvalue weighted by Crippen LogP contribution is 2.35. The van der Waals surface area contributed by atoms with Crippen LogP contribution in [-0.2, 0) is 14.4 Å². The number of halogens is 4. The molecule has 7 heterocycles. The summed E-state index contributed by atoms with van der Waals surface area (Å²) >= 11 is 6.63. The molecule has 0 saturated carbocycles. The SMILES string of the molecule is O=C(O)C(F)(F)F.O=C1CCC(N2C(=O)c3ccc(N4CC(CN5CC(N6CCC(Nc7ncnc8[nH]cc(C(=O)c9ccc(Oc%10ccccc%10)cc9Cl)c78)CC6)C5)C4)cc3C2=O)C(=O)N1. The summed E-state index contributed by atoms with van der Waals surface area (Å²) in [7, 11) is 0. The second-order valence-corrected chi connectivity index (χ2v) is 17.5. The molecule has 0 spiro atoms. The Morgan fingerprint density at radius 2 is 1.58 bits per heavy atom. The number of piperidine rings is 2. The third kappa shape index (κ3) is 9.41. The number of ether oxygens (including phenoxy) is 1. The highest BCUT2D eigenvalue weighted by molar-refractivity contribution is 6.36. The number of benzene rings is 3. The minimum Gasteiger partial charge on any atom is -0.475 e. The van der Waals surface area contributed by atoms with Crippen LogP contribution in [0.1, 0.15) is 62.3 Å². The van der Waals surface area contributed by atoms with Crippen LogP contribution in [0.3, 0.4) is 0 Å². The van der Waals surface area contributed by atoms with E-state index < -0.39 is 41.8 Å². The largest absolute Gasteiger partial charge is 0.490 e. The van der Waals surface area contributed by atoms with Gasteiger partial charge in [-0.15, -0.1) is 0 Å². The number of imide groups is 2. The Hall–Kier alpha value is -6.90. The van der Waals surface area contributed by atoms with Crippen LogP contribution in [0.4, 0.5) is 24.7 Å². The van der Waals surface area contributed by atoms with E-state index in [1.54, 1.807) is 36.5 Å². The van der Waals surface area contributed by atoms with Gasteiger partial charge in [0.25, 0.3) is 11.8 Å². The number of hydrogen-bond donors (Lipinski definition) is 4. The van der Waals surface area contributed by atoms with Crippen molar-refractivity contribution in [3.8, 4) is 11.5 Å². The summed E-state index contributed by atoms with van der Waals surface area (Å²) in [5, 5.41) is 13.9. The van der Waals surface area contributed by atoms with Gasteiger partial charge in [-0.1, -0.05) is 29.8 Å². The lowest BCUT2D eigenvalue weighted by atomic mass is 9.94. The normalized spacial score (nSPS) is 19.6. The van der Waals surface area contributed by atoms with Gasteiger partial charge < -0.3 is 25.0 Å². The third-order valence-electron chi connectivity index (χ3n) is 12.7. The van der Waals surface area contributed by atoms with Crippen LogP contribution >= 0.6 is 11.6 Å². The molecule has 1 unspecified atom stereocenters. The number of para-hydroxylation sites is 1. The second-order valence-electron chi connectivity index (χ2n) is 17.1. The number of aliphatic carboxylic acids is 1. The van der Waals surface area contributed by atoms with Crippen LogP contribution in [0.5, 0.6) is 11.5 Å². The number of rotatable bonds is 11. The van der Waals surface area contributed by atoms with Gasteiger partial charge in [-0.2, -0.15) is 13.2 Å². The number of aromatic nitrogens is 3. The molecule has 21 heteroatoms. The molecule has 0 radical (unpaired) electrons. The van der Waals surface area contributed by atoms with E-state index in [4.69, 9.17) is 26.2 Å². The molecule has 4 N–H and O–H groups in total. The summed E-state index contributed by atoms with van der Waals surface area (Å²) in [5.41, 5.74) is 2.88. The van der Waals surface area contributed by atoms with Gasteiger partial charge in [0, 0.05) is 93.7 Å². The van der Waals surface area contributed by atoms with E-state index in [2.05, 4.69) is 40.3 Å². The Morgan fingerprint density at radius 1 is 0.866 bits per heavy atom. The number of nitrogens with zero attached hydrogens (tertiary/aromatic N) is 6. The van der Waals surface area contributed by atoms with E-state index in [0.29, 0.717) is 67.6 Å². The predicted octanol–water partition coefficient (Wildman–Crippen LogP) is 5.37. The maximum absolute atomic E-state index is 13.9. The zero-order valence-corrected chi connectivity index (χ0v) is 36.3. The van der Waals surface area contributed by atoms with E-state index in [0.717, 1.165) is 69.2 Å². The van der Waals surface area contributed by atoms with Gasteiger partial charge in [-0.3, -0.25) is 44.0 Å². The summed E-state index contributed by atoms with van der Waals surface area (Å²) in [5.74, 6) is -2.61. The zero-order chi connectivity index (χ0) is 47.1. The summed E-state index contributed by atoms with van der Waals surface area (Å²) < 4.78 is 37.6. The van der Waals surface area contributed by atoms with E-state index in [-0.39, 0.29) is 24.7 Å². The minimum absolute atomic E-state index is 0.0918. The molecule has 4 fully saturated rings. The Balaban J connectivity index is 0.000000747. The maximum Gasteiger partial charge on any atom is 0.490 e. The van der Waals surface area contributed by atoms with E-state index in [1.165, 1.54) is 6.33 Å². The molecule has 1 atom stereocenters. The molecule has 4 amide bonds. The second kappa shape index (κ2) is 18.4. The first-order chi connectivity index (χ1) is 32.1. The maximum atomic E-state index is 13.9. The number of carboxylic acid groups (broad SMARTS) is 1. The summed E-state index contributed by atoms with van der Waals surface area (Å²) in [6.07, 6.45) is 0.212. The van der Waals surface area contributed by atoms with Crippen molar-refractivity contribution in [1.29, 1.82) is 0 Å². The quantitative estimate of drug-likeness (QED) is 0.0971. The van der Waals surface area contributed by atoms with Crippen molar-refractivity contribution in [1.82, 2.24) is 35.0 Å². The third-order valence-corrected chi connectivity index (χ3v) is 13.0. The number of carbonyl (C=O) groups is 6. The Bertz CT molecular complexity index is 2770. The highest BCUT2D eigenvalue weighted by atomic mass is 35.5. The number of hydrogen-bond acceptors (Lipinski definition) is 13. The number of aromatic amines is 1. The molecule has 0 aliphatic carbocycles.